The van der Waals surface area contributed by atoms with E-state index in [9.17, 15) is 30.0 Å². The van der Waals surface area contributed by atoms with Gasteiger partial charge in [-0.25, -0.2) is 0 Å². The molecule has 1 heterocycles. The predicted molar refractivity (Wildman–Crippen MR) is 226 cm³/mol. The lowest BCUT2D eigenvalue weighted by Gasteiger charge is -2.39. The number of allylic oxidation sites excluding steroid dienone is 16. The van der Waals surface area contributed by atoms with Gasteiger partial charge in [-0.05, 0) is 89.9 Å². The Labute approximate surface area is 338 Å². The standard InChI is InChI=1S/C45H70O10.CH4/c1-3-5-7-9-11-13-15-17-19-21-23-25-27-29-31-33-40(47)52-36-38(37-53-45-44(51)43(50)42(49)39(35-46)55-45)54-41(48)34-32-30-28-26-24-22-20-18-16-14-12-10-8-6-4-2;/h5-8,11-14,17-20,23-26,38-39,42-46,49-51H,3-4,9-10,15-16,21-22,27-37H2,1-2H3;1H4/b7-5-,8-6-,13-11-,14-12-,19-17-,20-18-,25-23-,26-24-;/t38-,39?,42+,43-,44-,45-;/m1./s1. The highest BCUT2D eigenvalue weighted by Crippen LogP contribution is 2.22. The zero-order valence-electron chi connectivity index (χ0n) is 33.4. The van der Waals surface area contributed by atoms with Gasteiger partial charge in [0.1, 0.15) is 31.0 Å². The Kier molecular flexibility index (Phi) is 35.0. The predicted octanol–water partition coefficient (Wildman–Crippen LogP) is 8.63. The van der Waals surface area contributed by atoms with Gasteiger partial charge in [-0.3, -0.25) is 9.59 Å². The summed E-state index contributed by atoms with van der Waals surface area (Å²) in [6.45, 7) is 3.07. The van der Waals surface area contributed by atoms with Gasteiger partial charge in [0.25, 0.3) is 0 Å². The van der Waals surface area contributed by atoms with E-state index in [1.165, 1.54) is 0 Å². The summed E-state index contributed by atoms with van der Waals surface area (Å²) in [5.74, 6) is -0.918. The molecule has 0 radical (unpaired) electrons. The Morgan fingerprint density at radius 1 is 0.571 bits per heavy atom. The van der Waals surface area contributed by atoms with Crippen LogP contribution in [-0.2, 0) is 28.5 Å². The van der Waals surface area contributed by atoms with Crippen LogP contribution >= 0.6 is 0 Å². The number of rotatable bonds is 31. The molecule has 4 N–H and O–H groups in total. The van der Waals surface area contributed by atoms with Gasteiger partial charge in [-0.15, -0.1) is 0 Å². The Morgan fingerprint density at radius 3 is 1.45 bits per heavy atom. The fourth-order valence-electron chi connectivity index (χ4n) is 5.28. The van der Waals surface area contributed by atoms with Crippen LogP contribution < -0.4 is 0 Å². The Hall–Kier alpha value is -3.38. The summed E-state index contributed by atoms with van der Waals surface area (Å²) in [5, 5.41) is 40.0. The molecule has 1 aliphatic heterocycles. The number of carbonyl (C=O) groups excluding carboxylic acids is 2. The molecule has 10 nitrogen and oxygen atoms in total. The Morgan fingerprint density at radius 2 is 1.00 bits per heavy atom. The molecule has 0 amide bonds. The van der Waals surface area contributed by atoms with Crippen LogP contribution in [0.3, 0.4) is 0 Å². The summed E-state index contributed by atoms with van der Waals surface area (Å²) in [5.41, 5.74) is 0. The van der Waals surface area contributed by atoms with E-state index in [0.717, 1.165) is 77.0 Å². The van der Waals surface area contributed by atoms with Gasteiger partial charge in [-0.2, -0.15) is 0 Å². The molecule has 318 valence electrons. The molecule has 1 fully saturated rings. The fraction of sp³-hybridized carbons (Fsp3) is 0.609. The van der Waals surface area contributed by atoms with Gasteiger partial charge in [-0.1, -0.05) is 118 Å². The molecule has 1 saturated heterocycles. The Balaban J connectivity index is 0.0000302. The third-order valence-electron chi connectivity index (χ3n) is 8.46. The summed E-state index contributed by atoms with van der Waals surface area (Å²) >= 11 is 0. The van der Waals surface area contributed by atoms with Gasteiger partial charge in [0.15, 0.2) is 12.4 Å². The van der Waals surface area contributed by atoms with E-state index in [1.807, 2.05) is 0 Å². The summed E-state index contributed by atoms with van der Waals surface area (Å²) in [4.78, 5) is 25.2. The molecule has 0 aromatic rings. The summed E-state index contributed by atoms with van der Waals surface area (Å²) in [6.07, 6.45) is 38.5. The van der Waals surface area contributed by atoms with E-state index in [4.69, 9.17) is 18.9 Å². The van der Waals surface area contributed by atoms with Crippen molar-refractivity contribution in [3.63, 3.8) is 0 Å². The molecule has 0 aliphatic carbocycles. The van der Waals surface area contributed by atoms with Crippen LogP contribution in [-0.4, -0.2) is 89.0 Å². The monoisotopic (exact) mass is 787 g/mol. The van der Waals surface area contributed by atoms with E-state index in [-0.39, 0.29) is 33.5 Å². The van der Waals surface area contributed by atoms with Crippen LogP contribution in [0.2, 0.25) is 0 Å². The highest BCUT2D eigenvalue weighted by Gasteiger charge is 2.44. The molecule has 0 aromatic heterocycles. The number of hydrogen-bond donors (Lipinski definition) is 4. The molecule has 1 rings (SSSR count). The smallest absolute Gasteiger partial charge is 0.306 e. The number of hydrogen-bond acceptors (Lipinski definition) is 10. The molecule has 0 bridgehead atoms. The van der Waals surface area contributed by atoms with Crippen LogP contribution in [0.4, 0.5) is 0 Å². The minimum atomic E-state index is -1.61. The van der Waals surface area contributed by atoms with E-state index in [0.29, 0.717) is 12.8 Å². The number of unbranched alkanes of at least 4 members (excludes halogenated alkanes) is 4. The Bertz CT molecular complexity index is 1210. The van der Waals surface area contributed by atoms with E-state index < -0.39 is 55.4 Å². The largest absolute Gasteiger partial charge is 0.462 e. The number of esters is 2. The lowest BCUT2D eigenvalue weighted by Crippen LogP contribution is -2.59. The second kappa shape index (κ2) is 37.2. The quantitative estimate of drug-likeness (QED) is 0.0305. The average molecular weight is 787 g/mol. The van der Waals surface area contributed by atoms with Crippen LogP contribution in [0.1, 0.15) is 124 Å². The van der Waals surface area contributed by atoms with Crippen molar-refractivity contribution in [3.05, 3.63) is 97.2 Å². The lowest BCUT2D eigenvalue weighted by atomic mass is 9.99. The van der Waals surface area contributed by atoms with Crippen molar-refractivity contribution in [1.29, 1.82) is 0 Å². The third-order valence-corrected chi connectivity index (χ3v) is 8.46. The highest BCUT2D eigenvalue weighted by molar-refractivity contribution is 5.70. The highest BCUT2D eigenvalue weighted by atomic mass is 16.7. The minimum absolute atomic E-state index is 0. The van der Waals surface area contributed by atoms with Crippen LogP contribution in [0.25, 0.3) is 0 Å². The molecule has 0 spiro atoms. The number of aliphatic hydroxyl groups excluding tert-OH is 4. The van der Waals surface area contributed by atoms with Gasteiger partial charge in [0, 0.05) is 12.8 Å². The summed E-state index contributed by atoms with van der Waals surface area (Å²) in [7, 11) is 0. The molecule has 1 unspecified atom stereocenters. The van der Waals surface area contributed by atoms with Crippen LogP contribution in [0, 0.1) is 0 Å². The van der Waals surface area contributed by atoms with Crippen molar-refractivity contribution < 1.29 is 49.0 Å². The van der Waals surface area contributed by atoms with Crippen molar-refractivity contribution in [2.45, 2.75) is 161 Å². The van der Waals surface area contributed by atoms with E-state index in [1.54, 1.807) is 0 Å². The van der Waals surface area contributed by atoms with Crippen molar-refractivity contribution in [2.75, 3.05) is 19.8 Å². The third kappa shape index (κ3) is 28.1. The second-order valence-electron chi connectivity index (χ2n) is 13.3. The zero-order chi connectivity index (χ0) is 40.2. The van der Waals surface area contributed by atoms with E-state index in [2.05, 4.69) is 111 Å². The molecular formula is C46H74O10. The number of ether oxygens (including phenoxy) is 4. The molecule has 1 aliphatic rings. The molecule has 10 heteroatoms. The zero-order valence-corrected chi connectivity index (χ0v) is 33.4. The van der Waals surface area contributed by atoms with Gasteiger partial charge < -0.3 is 39.4 Å². The molecule has 56 heavy (non-hydrogen) atoms. The maximum absolute atomic E-state index is 12.7. The normalized spacial score (nSPS) is 21.2. The van der Waals surface area contributed by atoms with Gasteiger partial charge in [0.05, 0.1) is 13.2 Å². The summed E-state index contributed by atoms with van der Waals surface area (Å²) < 4.78 is 22.0. The topological polar surface area (TPSA) is 152 Å². The second-order valence-corrected chi connectivity index (χ2v) is 13.3. The van der Waals surface area contributed by atoms with Gasteiger partial charge >= 0.3 is 11.9 Å². The molecular weight excluding hydrogens is 712 g/mol. The van der Waals surface area contributed by atoms with Crippen molar-refractivity contribution >= 4 is 11.9 Å². The maximum Gasteiger partial charge on any atom is 0.306 e. The molecule has 6 atom stereocenters. The molecule has 0 aromatic carbocycles. The number of aliphatic hydroxyl groups is 4. The van der Waals surface area contributed by atoms with Crippen LogP contribution in [0.15, 0.2) is 97.2 Å². The van der Waals surface area contributed by atoms with Crippen LogP contribution in [0.5, 0.6) is 0 Å². The van der Waals surface area contributed by atoms with E-state index >= 15 is 0 Å². The first-order valence-corrected chi connectivity index (χ1v) is 20.3. The maximum atomic E-state index is 12.7. The first-order chi connectivity index (χ1) is 26.8. The molecule has 0 saturated carbocycles. The SMILES string of the molecule is C.CC/C=C\C/C=C\C/C=C\C/C=C\CCCCC(=O)OC[C@H](CO[C@@H]1OC(CO)[C@H](O)[C@@H](O)[C@H]1O)OC(=O)CCCC/C=C\C/C=C\C/C=C\C/C=C\CC. The van der Waals surface area contributed by atoms with Crippen molar-refractivity contribution in [2.24, 2.45) is 0 Å². The van der Waals surface area contributed by atoms with Crippen molar-refractivity contribution in [3.8, 4) is 0 Å². The van der Waals surface area contributed by atoms with Gasteiger partial charge in [0.2, 0.25) is 0 Å². The first-order valence-electron chi connectivity index (χ1n) is 20.3. The average Bonchev–Trinajstić information content (AvgIpc) is 3.18. The summed E-state index contributed by atoms with van der Waals surface area (Å²) in [6, 6.07) is 0. The lowest BCUT2D eigenvalue weighted by molar-refractivity contribution is -0.305. The fourth-order valence-corrected chi connectivity index (χ4v) is 5.28. The van der Waals surface area contributed by atoms with Crippen molar-refractivity contribution in [1.82, 2.24) is 0 Å². The minimum Gasteiger partial charge on any atom is -0.462 e. The number of carbonyl (C=O) groups is 2. The first kappa shape index (κ1) is 52.6.